The number of methoxy groups -OCH3 is 1. The maximum absolute atomic E-state index is 12.5. The predicted molar refractivity (Wildman–Crippen MR) is 85.5 cm³/mol. The maximum atomic E-state index is 12.5. The highest BCUT2D eigenvalue weighted by Gasteiger charge is 2.18. The Hall–Kier alpha value is -1.35. The van der Waals surface area contributed by atoms with E-state index in [1.165, 1.54) is 11.3 Å². The van der Waals surface area contributed by atoms with Crippen LogP contribution in [-0.4, -0.2) is 49.3 Å². The highest BCUT2D eigenvalue weighted by atomic mass is 32.1. The molecule has 1 rings (SSSR count). The quantitative estimate of drug-likeness (QED) is 0.786. The van der Waals surface area contributed by atoms with Crippen molar-refractivity contribution in [3.05, 3.63) is 21.9 Å². The lowest BCUT2D eigenvalue weighted by atomic mass is 10.2. The average Bonchev–Trinajstić information content (AvgIpc) is 2.91. The highest BCUT2D eigenvalue weighted by molar-refractivity contribution is 7.14. The minimum atomic E-state index is 0.0287. The van der Waals surface area contributed by atoms with Gasteiger partial charge in [0, 0.05) is 26.6 Å². The van der Waals surface area contributed by atoms with Crippen LogP contribution in [0.5, 0.6) is 0 Å². The van der Waals surface area contributed by atoms with Gasteiger partial charge >= 0.3 is 0 Å². The summed E-state index contributed by atoms with van der Waals surface area (Å²) < 4.78 is 5.07. The molecule has 0 radical (unpaired) electrons. The molecular formula is C16H23NO3S. The second-order valence-electron chi connectivity index (χ2n) is 5.08. The Morgan fingerprint density at radius 1 is 1.48 bits per heavy atom. The van der Waals surface area contributed by atoms with Gasteiger partial charge in [0.05, 0.1) is 23.0 Å². The van der Waals surface area contributed by atoms with Gasteiger partial charge in [-0.2, -0.15) is 0 Å². The van der Waals surface area contributed by atoms with E-state index in [1.807, 2.05) is 17.0 Å². The number of ether oxygens (including phenoxy) is 1. The van der Waals surface area contributed by atoms with Crippen molar-refractivity contribution in [3.8, 4) is 11.8 Å². The molecule has 0 aliphatic heterocycles. The molecule has 1 N–H and O–H groups in total. The van der Waals surface area contributed by atoms with Gasteiger partial charge in [-0.1, -0.05) is 25.7 Å². The Morgan fingerprint density at radius 3 is 2.86 bits per heavy atom. The zero-order chi connectivity index (χ0) is 15.7. The molecule has 116 valence electrons. The lowest BCUT2D eigenvalue weighted by Gasteiger charge is -2.23. The molecule has 1 heterocycles. The van der Waals surface area contributed by atoms with Gasteiger partial charge in [0.25, 0.3) is 5.91 Å². The van der Waals surface area contributed by atoms with Gasteiger partial charge < -0.3 is 14.7 Å². The first-order valence-electron chi connectivity index (χ1n) is 7.06. The Morgan fingerprint density at radius 2 is 2.24 bits per heavy atom. The molecule has 0 aliphatic rings. The maximum Gasteiger partial charge on any atom is 0.264 e. The first-order valence-corrected chi connectivity index (χ1v) is 7.88. The van der Waals surface area contributed by atoms with Crippen LogP contribution in [0.4, 0.5) is 0 Å². The van der Waals surface area contributed by atoms with Crippen molar-refractivity contribution in [2.75, 3.05) is 33.4 Å². The fourth-order valence-electron chi connectivity index (χ4n) is 1.80. The summed E-state index contributed by atoms with van der Waals surface area (Å²) in [6, 6.07) is 3.67. The number of carbonyl (C=O) groups excluding carboxylic acids is 1. The summed E-state index contributed by atoms with van der Waals surface area (Å²) in [5.41, 5.74) is 0. The molecule has 0 unspecified atom stereocenters. The zero-order valence-corrected chi connectivity index (χ0v) is 13.7. The van der Waals surface area contributed by atoms with Crippen molar-refractivity contribution in [1.82, 2.24) is 4.90 Å². The van der Waals surface area contributed by atoms with E-state index in [9.17, 15) is 4.79 Å². The third-order valence-corrected chi connectivity index (χ3v) is 3.69. The molecule has 0 aliphatic carbocycles. The van der Waals surface area contributed by atoms with Crippen LogP contribution in [0, 0.1) is 17.8 Å². The predicted octanol–water partition coefficient (Wildman–Crippen LogP) is 2.23. The van der Waals surface area contributed by atoms with Crippen molar-refractivity contribution >= 4 is 17.2 Å². The number of amides is 1. The Balaban J connectivity index is 2.76. The number of aliphatic hydroxyl groups is 1. The van der Waals surface area contributed by atoms with Gasteiger partial charge in [-0.3, -0.25) is 4.79 Å². The summed E-state index contributed by atoms with van der Waals surface area (Å²) in [6.45, 7) is 6.08. The van der Waals surface area contributed by atoms with E-state index in [1.54, 1.807) is 7.11 Å². The number of rotatable bonds is 7. The minimum absolute atomic E-state index is 0.0287. The first-order chi connectivity index (χ1) is 10.1. The van der Waals surface area contributed by atoms with Crippen molar-refractivity contribution < 1.29 is 14.6 Å². The van der Waals surface area contributed by atoms with E-state index in [-0.39, 0.29) is 12.5 Å². The number of nitrogens with zero attached hydrogens (tertiary/aromatic N) is 1. The number of aliphatic hydroxyl groups excluding tert-OH is 1. The number of carbonyl (C=O) groups is 1. The topological polar surface area (TPSA) is 49.8 Å². The number of thiophene rings is 1. The van der Waals surface area contributed by atoms with Crippen LogP contribution in [0.2, 0.25) is 0 Å². The lowest BCUT2D eigenvalue weighted by Crippen LogP contribution is -2.36. The minimum Gasteiger partial charge on any atom is -0.395 e. The molecule has 0 aromatic carbocycles. The third-order valence-electron chi connectivity index (χ3n) is 2.70. The molecule has 0 saturated heterocycles. The molecule has 0 fully saturated rings. The molecule has 1 amide bonds. The fourth-order valence-corrected chi connectivity index (χ4v) is 2.65. The third kappa shape index (κ3) is 6.30. The lowest BCUT2D eigenvalue weighted by molar-refractivity contribution is 0.0677. The van der Waals surface area contributed by atoms with E-state index in [0.717, 1.165) is 4.88 Å². The summed E-state index contributed by atoms with van der Waals surface area (Å²) in [6.07, 6.45) is 0.453. The highest BCUT2D eigenvalue weighted by Crippen LogP contribution is 2.18. The molecular weight excluding hydrogens is 286 g/mol. The molecule has 21 heavy (non-hydrogen) atoms. The summed E-state index contributed by atoms with van der Waals surface area (Å²) in [7, 11) is 1.64. The van der Waals surface area contributed by atoms with Crippen LogP contribution in [0.1, 0.15) is 34.8 Å². The van der Waals surface area contributed by atoms with Gasteiger partial charge in [-0.05, 0) is 18.1 Å². The fraction of sp³-hybridized carbons (Fsp3) is 0.562. The molecule has 1 aromatic heterocycles. The second kappa shape index (κ2) is 9.56. The Bertz CT molecular complexity index is 499. The smallest absolute Gasteiger partial charge is 0.264 e. The van der Waals surface area contributed by atoms with E-state index in [0.29, 0.717) is 36.9 Å². The largest absolute Gasteiger partial charge is 0.395 e. The van der Waals surface area contributed by atoms with Gasteiger partial charge in [-0.15, -0.1) is 11.3 Å². The van der Waals surface area contributed by atoms with Crippen LogP contribution in [0.3, 0.4) is 0 Å². The zero-order valence-electron chi connectivity index (χ0n) is 12.9. The van der Waals surface area contributed by atoms with Crippen LogP contribution >= 0.6 is 11.3 Å². The van der Waals surface area contributed by atoms with Gasteiger partial charge in [0.1, 0.15) is 0 Å². The van der Waals surface area contributed by atoms with E-state index in [4.69, 9.17) is 9.84 Å². The van der Waals surface area contributed by atoms with Crippen LogP contribution in [0.25, 0.3) is 0 Å². The standard InChI is InChI=1S/C16H23NO3S/c1-13(2)12-17(9-11-20-3)16(19)15-8-7-14(21-15)6-4-5-10-18/h7-8,13,18H,5,9-12H2,1-3H3. The second-order valence-corrected chi connectivity index (χ2v) is 6.16. The Labute approximate surface area is 130 Å². The molecule has 0 spiro atoms. The molecule has 0 bridgehead atoms. The van der Waals surface area contributed by atoms with E-state index >= 15 is 0 Å². The molecule has 1 aromatic rings. The van der Waals surface area contributed by atoms with Crippen LogP contribution in [-0.2, 0) is 4.74 Å². The van der Waals surface area contributed by atoms with Gasteiger partial charge in [0.15, 0.2) is 0 Å². The number of hydrogen-bond donors (Lipinski definition) is 1. The molecule has 0 saturated carbocycles. The van der Waals surface area contributed by atoms with Crippen molar-refractivity contribution in [2.45, 2.75) is 20.3 Å². The summed E-state index contributed by atoms with van der Waals surface area (Å²) in [5.74, 6) is 6.26. The summed E-state index contributed by atoms with van der Waals surface area (Å²) in [5, 5.41) is 8.71. The average molecular weight is 309 g/mol. The molecule has 4 nitrogen and oxygen atoms in total. The van der Waals surface area contributed by atoms with Crippen LogP contribution in [0.15, 0.2) is 12.1 Å². The number of hydrogen-bond acceptors (Lipinski definition) is 4. The van der Waals surface area contributed by atoms with E-state index < -0.39 is 0 Å². The SMILES string of the molecule is COCCN(CC(C)C)C(=O)c1ccc(C#CCCO)s1. The van der Waals surface area contributed by atoms with Crippen LogP contribution < -0.4 is 0 Å². The monoisotopic (exact) mass is 309 g/mol. The van der Waals surface area contributed by atoms with Gasteiger partial charge in [-0.25, -0.2) is 0 Å². The molecule has 5 heteroatoms. The summed E-state index contributed by atoms with van der Waals surface area (Å²) >= 11 is 1.39. The van der Waals surface area contributed by atoms with Gasteiger partial charge in [0.2, 0.25) is 0 Å². The van der Waals surface area contributed by atoms with Crippen molar-refractivity contribution in [2.24, 2.45) is 5.92 Å². The van der Waals surface area contributed by atoms with E-state index in [2.05, 4.69) is 25.7 Å². The van der Waals surface area contributed by atoms with Crippen molar-refractivity contribution in [1.29, 1.82) is 0 Å². The first kappa shape index (κ1) is 17.7. The van der Waals surface area contributed by atoms with Crippen molar-refractivity contribution in [3.63, 3.8) is 0 Å². The Kier molecular flexibility index (Phi) is 8.06. The normalized spacial score (nSPS) is 10.3. The summed E-state index contributed by atoms with van der Waals surface area (Å²) in [4.78, 5) is 15.9. The molecule has 0 atom stereocenters.